The molecule has 0 saturated heterocycles. The van der Waals surface area contributed by atoms with Crippen LogP contribution in [-0.2, 0) is 44.2 Å². The zero-order chi connectivity index (χ0) is 59.3. The molecule has 0 aliphatic carbocycles. The van der Waals surface area contributed by atoms with E-state index < -0.39 is 58.4 Å². The third kappa shape index (κ3) is 11.4. The molecule has 15 nitrogen and oxygen atoms in total. The number of ether oxygens (including phenoxy) is 7. The van der Waals surface area contributed by atoms with Gasteiger partial charge in [-0.3, -0.25) is 29.2 Å². The van der Waals surface area contributed by atoms with Crippen LogP contribution >= 0.6 is 0 Å². The van der Waals surface area contributed by atoms with Gasteiger partial charge in [0.15, 0.2) is 0 Å². The van der Waals surface area contributed by atoms with Gasteiger partial charge >= 0.3 is 23.9 Å². The Hall–Kier alpha value is -7.78. The summed E-state index contributed by atoms with van der Waals surface area (Å²) in [5.41, 5.74) is 3.23. The number of nitrogens with zero attached hydrogens (tertiary/aromatic N) is 4. The number of rotatable bonds is 18. The Morgan fingerprint density at radius 2 is 0.892 bits per heavy atom. The van der Waals surface area contributed by atoms with E-state index in [-0.39, 0.29) is 49.7 Å². The van der Waals surface area contributed by atoms with E-state index in [0.29, 0.717) is 47.2 Å². The molecule has 10 rings (SSSR count). The second-order valence-electron chi connectivity index (χ2n) is 25.8. The Labute approximate surface area is 487 Å². The number of benzene rings is 6. The maximum absolute atomic E-state index is 13.1. The fourth-order valence-corrected chi connectivity index (χ4v) is 11.9. The fraction of sp³-hybridized carbons (Fsp3) is 0.441. The number of carbonyl (C=O) groups is 4. The minimum atomic E-state index is -0.874. The number of esters is 4. The zero-order valence-electron chi connectivity index (χ0n) is 50.1. The SMILES string of the molecule is CCC(COCC(CC)OC(=O)CCC(=O)Oc1ccc2ccc3c(c2c1)N=CC1(O3)N(CC(C)(C)C)c2ccccc2C1(C)C)OC(=O)CCC(=O)Oc1ccc2ccc3c(c2c1)N=CC1(O3)N(CC(C)(C)C)c2ccccc2C1(C)C. The summed E-state index contributed by atoms with van der Waals surface area (Å²) in [4.78, 5) is 67.1. The van der Waals surface area contributed by atoms with Crippen LogP contribution in [0.2, 0.25) is 0 Å². The number of aliphatic imine (C=N–C) groups is 2. The third-order valence-corrected chi connectivity index (χ3v) is 16.4. The van der Waals surface area contributed by atoms with Crippen LogP contribution in [0.5, 0.6) is 23.0 Å². The molecular weight excluding hydrogens is 1050 g/mol. The van der Waals surface area contributed by atoms with Gasteiger partial charge in [0.1, 0.15) is 46.6 Å². The van der Waals surface area contributed by atoms with Crippen LogP contribution in [0.25, 0.3) is 21.5 Å². The predicted octanol–water partition coefficient (Wildman–Crippen LogP) is 14.0. The summed E-state index contributed by atoms with van der Waals surface area (Å²) in [6.07, 6.45) is 2.76. The lowest BCUT2D eigenvalue weighted by molar-refractivity contribution is -0.158. The van der Waals surface area contributed by atoms with Crippen LogP contribution < -0.4 is 28.7 Å². The van der Waals surface area contributed by atoms with E-state index in [1.54, 1.807) is 24.3 Å². The first-order chi connectivity index (χ1) is 39.3. The van der Waals surface area contributed by atoms with Crippen molar-refractivity contribution < 1.29 is 52.3 Å². The third-order valence-electron chi connectivity index (χ3n) is 16.4. The van der Waals surface area contributed by atoms with E-state index in [9.17, 15) is 19.2 Å². The highest BCUT2D eigenvalue weighted by Crippen LogP contribution is 2.57. The highest BCUT2D eigenvalue weighted by molar-refractivity contribution is 6.02. The Bertz CT molecular complexity index is 3320. The number of carbonyl (C=O) groups excluding carboxylic acids is 4. The first-order valence-corrected chi connectivity index (χ1v) is 29.1. The maximum Gasteiger partial charge on any atom is 0.311 e. The second kappa shape index (κ2) is 22.4. The molecule has 4 atom stereocenters. The van der Waals surface area contributed by atoms with Gasteiger partial charge in [-0.25, -0.2) is 0 Å². The molecule has 0 amide bonds. The molecule has 15 heteroatoms. The summed E-state index contributed by atoms with van der Waals surface area (Å²) < 4.78 is 42.8. The van der Waals surface area contributed by atoms with Gasteiger partial charge in [-0.15, -0.1) is 0 Å². The largest absolute Gasteiger partial charge is 0.460 e. The van der Waals surface area contributed by atoms with E-state index in [1.165, 1.54) is 11.1 Å². The van der Waals surface area contributed by atoms with Crippen LogP contribution in [0.15, 0.2) is 119 Å². The summed E-state index contributed by atoms with van der Waals surface area (Å²) in [7, 11) is 0. The summed E-state index contributed by atoms with van der Waals surface area (Å²) in [5.74, 6) is -0.439. The van der Waals surface area contributed by atoms with Crippen molar-refractivity contribution in [1.29, 1.82) is 0 Å². The number of hydrogen-bond donors (Lipinski definition) is 0. The molecule has 6 aromatic rings. The second-order valence-corrected chi connectivity index (χ2v) is 25.8. The van der Waals surface area contributed by atoms with E-state index in [4.69, 9.17) is 43.1 Å². The average molecular weight is 1130 g/mol. The molecule has 0 aromatic heterocycles. The van der Waals surface area contributed by atoms with Crippen molar-refractivity contribution in [2.24, 2.45) is 20.8 Å². The van der Waals surface area contributed by atoms with Gasteiger partial charge in [0.2, 0.25) is 11.4 Å². The normalized spacial score (nSPS) is 19.6. The van der Waals surface area contributed by atoms with Gasteiger partial charge in [0, 0.05) is 35.2 Å². The number of fused-ring (bicyclic) bond motifs is 8. The van der Waals surface area contributed by atoms with E-state index in [1.807, 2.05) is 62.7 Å². The monoisotopic (exact) mass is 1130 g/mol. The molecule has 6 aromatic carbocycles. The molecule has 4 heterocycles. The van der Waals surface area contributed by atoms with Crippen LogP contribution in [0.1, 0.15) is 133 Å². The predicted molar refractivity (Wildman–Crippen MR) is 324 cm³/mol. The molecule has 83 heavy (non-hydrogen) atoms. The summed E-state index contributed by atoms with van der Waals surface area (Å²) in [5, 5.41) is 3.33. The first-order valence-electron chi connectivity index (χ1n) is 29.1. The number of para-hydroxylation sites is 2. The summed E-state index contributed by atoms with van der Waals surface area (Å²) >= 11 is 0. The Morgan fingerprint density at radius 1 is 0.518 bits per heavy atom. The molecule has 0 fully saturated rings. The van der Waals surface area contributed by atoms with Crippen molar-refractivity contribution >= 4 is 80.6 Å². The smallest absolute Gasteiger partial charge is 0.311 e. The lowest BCUT2D eigenvalue weighted by Crippen LogP contribution is -2.63. The van der Waals surface area contributed by atoms with Crippen molar-refractivity contribution in [2.75, 3.05) is 36.1 Å². The van der Waals surface area contributed by atoms with Gasteiger partial charge in [0.05, 0.1) is 62.2 Å². The molecule has 4 aliphatic rings. The molecule has 2 spiro atoms. The lowest BCUT2D eigenvalue weighted by atomic mass is 9.77. The minimum absolute atomic E-state index is 0.0333. The van der Waals surface area contributed by atoms with Crippen molar-refractivity contribution in [3.63, 3.8) is 0 Å². The zero-order valence-corrected chi connectivity index (χ0v) is 50.1. The van der Waals surface area contributed by atoms with E-state index >= 15 is 0 Å². The van der Waals surface area contributed by atoms with Crippen molar-refractivity contribution in [3.8, 4) is 23.0 Å². The van der Waals surface area contributed by atoms with Gasteiger partial charge in [-0.05, 0) is 122 Å². The van der Waals surface area contributed by atoms with Gasteiger partial charge < -0.3 is 43.0 Å². The molecule has 0 saturated carbocycles. The molecule has 4 unspecified atom stereocenters. The topological polar surface area (TPSA) is 164 Å². The molecule has 0 bridgehead atoms. The molecule has 4 aliphatic heterocycles. The van der Waals surface area contributed by atoms with Crippen molar-refractivity contribution in [1.82, 2.24) is 0 Å². The highest BCUT2D eigenvalue weighted by atomic mass is 16.6. The van der Waals surface area contributed by atoms with Gasteiger partial charge in [0.25, 0.3) is 0 Å². The van der Waals surface area contributed by atoms with Crippen LogP contribution in [0, 0.1) is 10.8 Å². The lowest BCUT2D eigenvalue weighted by Gasteiger charge is -2.48. The van der Waals surface area contributed by atoms with Crippen molar-refractivity contribution in [2.45, 2.75) is 156 Å². The van der Waals surface area contributed by atoms with E-state index in [0.717, 1.165) is 46.0 Å². The van der Waals surface area contributed by atoms with E-state index in [2.05, 4.69) is 128 Å². The standard InChI is InChI=1S/C68H78N4O11/c1-13-45(78-57(73)31-33-59(75)80-47-27-23-43-25-29-55-61(49(43)35-47)69-39-67(82-55)65(9,10)51-19-15-17-21-53(51)71(67)41-63(3,4)5)37-77-38-46(14-2)79-58(74)32-34-60(76)81-48-28-24-44-26-30-56-62(50(44)36-48)70-40-68(83-56)66(11,12)52-20-16-18-22-54(52)72(68)42-64(6,7)8/h15-30,35-36,39-40,45-46H,13-14,31-34,37-38,41-42H2,1-12H3. The average Bonchev–Trinajstić information content (AvgIpc) is 3.95. The fourth-order valence-electron chi connectivity index (χ4n) is 11.9. The first kappa shape index (κ1) is 58.4. The highest BCUT2D eigenvalue weighted by Gasteiger charge is 2.61. The van der Waals surface area contributed by atoms with Gasteiger partial charge in [-0.2, -0.15) is 0 Å². The quantitative estimate of drug-likeness (QED) is 0.0590. The minimum Gasteiger partial charge on any atom is -0.460 e. The number of hydrogen-bond acceptors (Lipinski definition) is 15. The summed E-state index contributed by atoms with van der Waals surface area (Å²) in [6, 6.07) is 35.5. The van der Waals surface area contributed by atoms with Gasteiger partial charge in [-0.1, -0.05) is 116 Å². The Balaban J connectivity index is 0.675. The Morgan fingerprint density at radius 3 is 1.28 bits per heavy atom. The maximum atomic E-state index is 13.1. The Kier molecular flexibility index (Phi) is 15.8. The van der Waals surface area contributed by atoms with Crippen LogP contribution in [0.4, 0.5) is 22.7 Å². The summed E-state index contributed by atoms with van der Waals surface area (Å²) in [6.45, 7) is 27.4. The van der Waals surface area contributed by atoms with Crippen LogP contribution in [0.3, 0.4) is 0 Å². The van der Waals surface area contributed by atoms with Crippen molar-refractivity contribution in [3.05, 3.63) is 120 Å². The molecular formula is C68H78N4O11. The molecule has 436 valence electrons. The number of anilines is 2. The molecule has 0 radical (unpaired) electrons. The molecule has 0 N–H and O–H groups in total. The van der Waals surface area contributed by atoms with Crippen LogP contribution in [-0.4, -0.2) is 86.3 Å².